The lowest BCUT2D eigenvalue weighted by molar-refractivity contribution is -0.137. The third-order valence-corrected chi connectivity index (χ3v) is 5.65. The van der Waals surface area contributed by atoms with E-state index in [1.54, 1.807) is 36.7 Å². The van der Waals surface area contributed by atoms with Crippen LogP contribution >= 0.6 is 11.3 Å². The van der Waals surface area contributed by atoms with E-state index in [1.807, 2.05) is 6.92 Å². The van der Waals surface area contributed by atoms with Crippen LogP contribution in [0.5, 0.6) is 0 Å². The molecule has 0 radical (unpaired) electrons. The first-order chi connectivity index (χ1) is 15.7. The second-order valence-corrected chi connectivity index (χ2v) is 8.17. The van der Waals surface area contributed by atoms with Gasteiger partial charge < -0.3 is 10.6 Å². The predicted octanol–water partition coefficient (Wildman–Crippen LogP) is 6.98. The van der Waals surface area contributed by atoms with Gasteiger partial charge in [-0.1, -0.05) is 12.1 Å². The fraction of sp³-hybridized carbons (Fsp3) is 0.0870. The van der Waals surface area contributed by atoms with Crippen LogP contribution in [0.2, 0.25) is 0 Å². The SMILES string of the molecule is Cc1nc(-c2ccncc2)c(-c2cccc(NC(=O)Nc3ccc(C(F)(F)F)cc3)c2F)s1. The maximum absolute atomic E-state index is 15.3. The zero-order valence-electron chi connectivity index (χ0n) is 17.1. The minimum absolute atomic E-state index is 0.0800. The maximum atomic E-state index is 15.3. The summed E-state index contributed by atoms with van der Waals surface area (Å²) in [5.74, 6) is -0.654. The van der Waals surface area contributed by atoms with Gasteiger partial charge in [0.2, 0.25) is 0 Å². The van der Waals surface area contributed by atoms with Crippen molar-refractivity contribution in [3.05, 3.63) is 83.4 Å². The molecule has 2 amide bonds. The van der Waals surface area contributed by atoms with Crippen molar-refractivity contribution in [1.29, 1.82) is 0 Å². The highest BCUT2D eigenvalue weighted by atomic mass is 32.1. The smallest absolute Gasteiger partial charge is 0.308 e. The molecule has 0 unspecified atom stereocenters. The van der Waals surface area contributed by atoms with Crippen LogP contribution in [0.25, 0.3) is 21.7 Å². The summed E-state index contributed by atoms with van der Waals surface area (Å²) in [7, 11) is 0. The van der Waals surface area contributed by atoms with Crippen molar-refractivity contribution in [1.82, 2.24) is 9.97 Å². The summed E-state index contributed by atoms with van der Waals surface area (Å²) < 4.78 is 53.4. The number of rotatable bonds is 4. The lowest BCUT2D eigenvalue weighted by Crippen LogP contribution is -2.20. The third kappa shape index (κ3) is 5.01. The molecule has 10 heteroatoms. The molecule has 0 aliphatic heterocycles. The van der Waals surface area contributed by atoms with Crippen molar-refractivity contribution < 1.29 is 22.4 Å². The molecule has 2 aromatic carbocycles. The first-order valence-electron chi connectivity index (χ1n) is 9.64. The van der Waals surface area contributed by atoms with E-state index in [2.05, 4.69) is 20.6 Å². The van der Waals surface area contributed by atoms with E-state index in [4.69, 9.17) is 0 Å². The molecule has 4 aromatic rings. The van der Waals surface area contributed by atoms with E-state index in [1.165, 1.54) is 17.4 Å². The van der Waals surface area contributed by atoms with Gasteiger partial charge >= 0.3 is 12.2 Å². The summed E-state index contributed by atoms with van der Waals surface area (Å²) in [4.78, 5) is 21.4. The minimum Gasteiger partial charge on any atom is -0.308 e. The predicted molar refractivity (Wildman–Crippen MR) is 120 cm³/mol. The molecule has 0 saturated heterocycles. The second-order valence-electron chi connectivity index (χ2n) is 6.97. The van der Waals surface area contributed by atoms with Gasteiger partial charge in [0.25, 0.3) is 0 Å². The highest BCUT2D eigenvalue weighted by molar-refractivity contribution is 7.15. The van der Waals surface area contributed by atoms with E-state index in [-0.39, 0.29) is 16.9 Å². The number of anilines is 2. The summed E-state index contributed by atoms with van der Waals surface area (Å²) >= 11 is 1.32. The molecule has 0 aliphatic carbocycles. The summed E-state index contributed by atoms with van der Waals surface area (Å²) in [5.41, 5.74) is 0.864. The molecule has 0 fully saturated rings. The summed E-state index contributed by atoms with van der Waals surface area (Å²) in [6.07, 6.45) is -1.24. The average Bonchev–Trinajstić information content (AvgIpc) is 3.17. The number of aromatic nitrogens is 2. The van der Waals surface area contributed by atoms with E-state index in [0.717, 1.165) is 34.8 Å². The van der Waals surface area contributed by atoms with Crippen LogP contribution in [0.1, 0.15) is 10.6 Å². The Kier molecular flexibility index (Phi) is 6.10. The van der Waals surface area contributed by atoms with Gasteiger partial charge in [0.1, 0.15) is 0 Å². The monoisotopic (exact) mass is 472 g/mol. The van der Waals surface area contributed by atoms with E-state index in [9.17, 15) is 18.0 Å². The van der Waals surface area contributed by atoms with Crippen molar-refractivity contribution in [2.24, 2.45) is 0 Å². The summed E-state index contributed by atoms with van der Waals surface area (Å²) in [6.45, 7) is 1.82. The van der Waals surface area contributed by atoms with Crippen LogP contribution in [0.4, 0.5) is 33.7 Å². The molecular weight excluding hydrogens is 456 g/mol. The van der Waals surface area contributed by atoms with Crippen LogP contribution < -0.4 is 10.6 Å². The molecule has 0 aliphatic rings. The van der Waals surface area contributed by atoms with Gasteiger partial charge in [-0.25, -0.2) is 14.2 Å². The van der Waals surface area contributed by atoms with Crippen molar-refractivity contribution in [3.63, 3.8) is 0 Å². The van der Waals surface area contributed by atoms with Gasteiger partial charge in [-0.2, -0.15) is 13.2 Å². The summed E-state index contributed by atoms with van der Waals surface area (Å²) in [5, 5.41) is 5.55. The number of benzene rings is 2. The van der Waals surface area contributed by atoms with Gasteiger partial charge in [0.15, 0.2) is 5.82 Å². The Bertz CT molecular complexity index is 1290. The van der Waals surface area contributed by atoms with Crippen LogP contribution in [-0.4, -0.2) is 16.0 Å². The number of hydrogen-bond donors (Lipinski definition) is 2. The zero-order chi connectivity index (χ0) is 23.6. The van der Waals surface area contributed by atoms with Gasteiger partial charge in [-0.15, -0.1) is 11.3 Å². The van der Waals surface area contributed by atoms with Gasteiger partial charge in [0, 0.05) is 29.2 Å². The first-order valence-corrected chi connectivity index (χ1v) is 10.5. The number of carbonyl (C=O) groups is 1. The van der Waals surface area contributed by atoms with Crippen LogP contribution in [0.15, 0.2) is 67.0 Å². The van der Waals surface area contributed by atoms with E-state index < -0.39 is 23.6 Å². The number of nitrogens with one attached hydrogen (secondary N) is 2. The van der Waals surface area contributed by atoms with Gasteiger partial charge in [-0.3, -0.25) is 4.98 Å². The Morgan fingerprint density at radius 2 is 1.67 bits per heavy atom. The molecule has 33 heavy (non-hydrogen) atoms. The standard InChI is InChI=1S/C23H16F4N4OS/c1-13-29-20(14-9-11-28-12-10-14)21(33-13)17-3-2-4-18(19(17)24)31-22(32)30-16-7-5-15(6-8-16)23(25,26)27/h2-12H,1H3,(H2,30,31,32). The van der Waals surface area contributed by atoms with Crippen LogP contribution in [0.3, 0.4) is 0 Å². The van der Waals surface area contributed by atoms with Crippen molar-refractivity contribution >= 4 is 28.7 Å². The van der Waals surface area contributed by atoms with Crippen LogP contribution in [0, 0.1) is 12.7 Å². The molecule has 0 bridgehead atoms. The molecule has 0 spiro atoms. The average molecular weight is 472 g/mol. The fourth-order valence-corrected chi connectivity index (χ4v) is 4.11. The number of hydrogen-bond acceptors (Lipinski definition) is 4. The molecular formula is C23H16F4N4OS. The summed E-state index contributed by atoms with van der Waals surface area (Å²) in [6, 6.07) is 11.3. The quantitative estimate of drug-likeness (QED) is 0.315. The normalized spacial score (nSPS) is 11.3. The van der Waals surface area contributed by atoms with E-state index in [0.29, 0.717) is 10.6 Å². The Morgan fingerprint density at radius 3 is 2.33 bits per heavy atom. The first kappa shape index (κ1) is 22.4. The highest BCUT2D eigenvalue weighted by Crippen LogP contribution is 2.39. The second kappa shape index (κ2) is 8.99. The number of urea groups is 1. The van der Waals surface area contributed by atoms with Crippen molar-refractivity contribution in [2.45, 2.75) is 13.1 Å². The molecule has 4 rings (SSSR count). The highest BCUT2D eigenvalue weighted by Gasteiger charge is 2.30. The largest absolute Gasteiger partial charge is 0.416 e. The fourth-order valence-electron chi connectivity index (χ4n) is 3.15. The number of amides is 2. The molecule has 2 N–H and O–H groups in total. The lowest BCUT2D eigenvalue weighted by Gasteiger charge is -2.12. The zero-order valence-corrected chi connectivity index (χ0v) is 17.9. The Hall–Kier alpha value is -3.79. The molecule has 168 valence electrons. The number of halogens is 4. The van der Waals surface area contributed by atoms with Crippen molar-refractivity contribution in [3.8, 4) is 21.7 Å². The van der Waals surface area contributed by atoms with E-state index >= 15 is 4.39 Å². The van der Waals surface area contributed by atoms with Gasteiger partial charge in [-0.05, 0) is 49.4 Å². The number of thiazole rings is 1. The minimum atomic E-state index is -4.48. The van der Waals surface area contributed by atoms with Crippen LogP contribution in [-0.2, 0) is 6.18 Å². The molecule has 2 aromatic heterocycles. The molecule has 0 atom stereocenters. The Morgan fingerprint density at radius 1 is 0.970 bits per heavy atom. The lowest BCUT2D eigenvalue weighted by atomic mass is 10.1. The number of aryl methyl sites for hydroxylation is 1. The number of pyridine rings is 1. The molecule has 2 heterocycles. The Balaban J connectivity index is 1.57. The number of nitrogens with zero attached hydrogens (tertiary/aromatic N) is 2. The van der Waals surface area contributed by atoms with Gasteiger partial charge in [0.05, 0.1) is 26.8 Å². The Labute approximate surface area is 190 Å². The maximum Gasteiger partial charge on any atom is 0.416 e. The number of carbonyl (C=O) groups excluding carboxylic acids is 1. The molecule has 0 saturated carbocycles. The third-order valence-electron chi connectivity index (χ3n) is 4.65. The van der Waals surface area contributed by atoms with Crippen molar-refractivity contribution in [2.75, 3.05) is 10.6 Å². The molecule has 5 nitrogen and oxygen atoms in total. The number of alkyl halides is 3. The topological polar surface area (TPSA) is 66.9 Å².